The minimum atomic E-state index is 0.717. The van der Waals surface area contributed by atoms with Crippen molar-refractivity contribution >= 4 is 5.57 Å². The van der Waals surface area contributed by atoms with E-state index in [1.54, 1.807) is 10.8 Å². The third-order valence-corrected chi connectivity index (χ3v) is 2.42. The van der Waals surface area contributed by atoms with Crippen LogP contribution in [0.25, 0.3) is 5.57 Å². The molecule has 0 spiro atoms. The largest absolute Gasteiger partial charge is 0.478 e. The van der Waals surface area contributed by atoms with Crippen LogP contribution in [0.4, 0.5) is 0 Å². The number of rotatable bonds is 7. The Morgan fingerprint density at radius 1 is 1.40 bits per heavy atom. The SMILES string of the molecule is C=C/C=C\C(=C/CC)c1cc(OCCC)n(C)n1.CC. The van der Waals surface area contributed by atoms with Crippen LogP contribution in [-0.2, 0) is 7.05 Å². The van der Waals surface area contributed by atoms with Crippen LogP contribution in [0.5, 0.6) is 5.88 Å². The lowest BCUT2D eigenvalue weighted by atomic mass is 10.1. The highest BCUT2D eigenvalue weighted by molar-refractivity contribution is 5.72. The Morgan fingerprint density at radius 3 is 2.65 bits per heavy atom. The zero-order chi connectivity index (χ0) is 15.4. The molecule has 1 rings (SSSR count). The van der Waals surface area contributed by atoms with Crippen LogP contribution in [0.1, 0.15) is 46.2 Å². The Hall–Kier alpha value is -1.77. The maximum absolute atomic E-state index is 5.63. The fourth-order valence-corrected chi connectivity index (χ4v) is 1.58. The van der Waals surface area contributed by atoms with Gasteiger partial charge < -0.3 is 4.74 Å². The molecule has 0 aliphatic rings. The fourth-order valence-electron chi connectivity index (χ4n) is 1.58. The first-order chi connectivity index (χ1) is 9.72. The third kappa shape index (κ3) is 5.91. The first-order valence-corrected chi connectivity index (χ1v) is 7.39. The average molecular weight is 276 g/mol. The van der Waals surface area contributed by atoms with Crippen LogP contribution in [-0.4, -0.2) is 16.4 Å². The van der Waals surface area contributed by atoms with Gasteiger partial charge in [0.05, 0.1) is 12.3 Å². The highest BCUT2D eigenvalue weighted by Crippen LogP contribution is 2.21. The zero-order valence-electron chi connectivity index (χ0n) is 13.5. The Morgan fingerprint density at radius 2 is 2.10 bits per heavy atom. The van der Waals surface area contributed by atoms with Gasteiger partial charge >= 0.3 is 0 Å². The minimum absolute atomic E-state index is 0.717. The quantitative estimate of drug-likeness (QED) is 0.671. The molecule has 0 fully saturated rings. The zero-order valence-corrected chi connectivity index (χ0v) is 13.5. The van der Waals surface area contributed by atoms with E-state index < -0.39 is 0 Å². The first kappa shape index (κ1) is 18.2. The number of nitrogens with zero attached hydrogens (tertiary/aromatic N) is 2. The van der Waals surface area contributed by atoms with Gasteiger partial charge in [0.1, 0.15) is 0 Å². The van der Waals surface area contributed by atoms with Crippen LogP contribution in [0.2, 0.25) is 0 Å². The molecule has 0 radical (unpaired) electrons. The average Bonchev–Trinajstić information content (AvgIpc) is 2.84. The summed E-state index contributed by atoms with van der Waals surface area (Å²) in [6.07, 6.45) is 9.81. The van der Waals surface area contributed by atoms with E-state index in [4.69, 9.17) is 4.74 Å². The number of aryl methyl sites for hydroxylation is 1. The summed E-state index contributed by atoms with van der Waals surface area (Å²) in [5.41, 5.74) is 2.03. The topological polar surface area (TPSA) is 27.1 Å². The van der Waals surface area contributed by atoms with Crippen molar-refractivity contribution in [2.75, 3.05) is 6.61 Å². The molecule has 0 aromatic carbocycles. The normalized spacial score (nSPS) is 11.2. The highest BCUT2D eigenvalue weighted by atomic mass is 16.5. The fraction of sp³-hybridized carbons (Fsp3) is 0.471. The Labute approximate surface area is 123 Å². The maximum Gasteiger partial charge on any atom is 0.212 e. The molecular formula is C17H28N2O. The van der Waals surface area contributed by atoms with Gasteiger partial charge in [-0.25, -0.2) is 4.68 Å². The second-order valence-corrected chi connectivity index (χ2v) is 4.00. The van der Waals surface area contributed by atoms with Crippen molar-refractivity contribution in [1.29, 1.82) is 0 Å². The minimum Gasteiger partial charge on any atom is -0.478 e. The molecule has 0 unspecified atom stereocenters. The van der Waals surface area contributed by atoms with E-state index in [2.05, 4.69) is 31.6 Å². The van der Waals surface area contributed by atoms with Crippen LogP contribution < -0.4 is 4.74 Å². The van der Waals surface area contributed by atoms with Gasteiger partial charge in [-0.05, 0) is 18.4 Å². The molecule has 1 heterocycles. The van der Waals surface area contributed by atoms with Crippen molar-refractivity contribution in [3.63, 3.8) is 0 Å². The molecule has 0 saturated heterocycles. The summed E-state index contributed by atoms with van der Waals surface area (Å²) in [6.45, 7) is 12.6. The van der Waals surface area contributed by atoms with Gasteiger partial charge in [0.2, 0.25) is 5.88 Å². The molecule has 0 N–H and O–H groups in total. The Bertz CT molecular complexity index is 442. The van der Waals surface area contributed by atoms with Gasteiger partial charge in [-0.3, -0.25) is 0 Å². The molecule has 0 aliphatic heterocycles. The van der Waals surface area contributed by atoms with Crippen molar-refractivity contribution in [2.24, 2.45) is 7.05 Å². The molecule has 3 nitrogen and oxygen atoms in total. The van der Waals surface area contributed by atoms with E-state index in [-0.39, 0.29) is 0 Å². The molecule has 1 aromatic heterocycles. The second kappa shape index (κ2) is 11.1. The molecular weight excluding hydrogens is 248 g/mol. The van der Waals surface area contributed by atoms with Crippen LogP contribution in [0, 0.1) is 0 Å². The molecule has 112 valence electrons. The lowest BCUT2D eigenvalue weighted by molar-refractivity contribution is 0.290. The summed E-state index contributed by atoms with van der Waals surface area (Å²) in [7, 11) is 1.90. The van der Waals surface area contributed by atoms with E-state index in [1.807, 2.05) is 39.1 Å². The molecule has 0 saturated carbocycles. The lowest BCUT2D eigenvalue weighted by Gasteiger charge is -2.02. The summed E-state index contributed by atoms with van der Waals surface area (Å²) in [6, 6.07) is 1.98. The number of aromatic nitrogens is 2. The monoisotopic (exact) mass is 276 g/mol. The molecule has 0 bridgehead atoms. The summed E-state index contributed by atoms with van der Waals surface area (Å²) >= 11 is 0. The maximum atomic E-state index is 5.63. The molecule has 20 heavy (non-hydrogen) atoms. The molecule has 0 aliphatic carbocycles. The molecule has 3 heteroatoms. The van der Waals surface area contributed by atoms with Gasteiger partial charge in [-0.15, -0.1) is 0 Å². The van der Waals surface area contributed by atoms with Gasteiger partial charge in [0, 0.05) is 13.1 Å². The van der Waals surface area contributed by atoms with Crippen LogP contribution in [0.15, 0.2) is 36.9 Å². The van der Waals surface area contributed by atoms with E-state index in [0.717, 1.165) is 30.0 Å². The number of hydrogen-bond donors (Lipinski definition) is 0. The predicted octanol–water partition coefficient (Wildman–Crippen LogP) is 4.77. The number of ether oxygens (including phenoxy) is 1. The van der Waals surface area contributed by atoms with Gasteiger partial charge in [-0.1, -0.05) is 58.6 Å². The molecule has 1 aromatic rings. The van der Waals surface area contributed by atoms with Crippen molar-refractivity contribution in [3.8, 4) is 5.88 Å². The van der Waals surface area contributed by atoms with Gasteiger partial charge in [0.15, 0.2) is 0 Å². The smallest absolute Gasteiger partial charge is 0.212 e. The standard InChI is InChI=1S/C15H22N2O.C2H6/c1-5-8-10-13(9-6-2)14-12-15(17(4)16-14)18-11-7-3;1-2/h5,8-10,12H,1,6-7,11H2,2-4H3;1-2H3/b10-8-,13-9+;. The predicted molar refractivity (Wildman–Crippen MR) is 87.9 cm³/mol. The van der Waals surface area contributed by atoms with E-state index >= 15 is 0 Å². The second-order valence-electron chi connectivity index (χ2n) is 4.00. The summed E-state index contributed by atoms with van der Waals surface area (Å²) in [4.78, 5) is 0. The van der Waals surface area contributed by atoms with Crippen molar-refractivity contribution in [1.82, 2.24) is 9.78 Å². The van der Waals surface area contributed by atoms with E-state index in [0.29, 0.717) is 6.61 Å². The van der Waals surface area contributed by atoms with Gasteiger partial charge in [-0.2, -0.15) is 5.10 Å². The number of allylic oxidation sites excluding steroid dienone is 5. The lowest BCUT2D eigenvalue weighted by Crippen LogP contribution is -2.00. The van der Waals surface area contributed by atoms with E-state index in [9.17, 15) is 0 Å². The van der Waals surface area contributed by atoms with Crippen molar-refractivity contribution < 1.29 is 4.74 Å². The summed E-state index contributed by atoms with van der Waals surface area (Å²) < 4.78 is 7.40. The Balaban J connectivity index is 0.00000172. The highest BCUT2D eigenvalue weighted by Gasteiger charge is 2.08. The van der Waals surface area contributed by atoms with Crippen molar-refractivity contribution in [2.45, 2.75) is 40.5 Å². The summed E-state index contributed by atoms with van der Waals surface area (Å²) in [5.74, 6) is 0.806. The van der Waals surface area contributed by atoms with Crippen LogP contribution in [0.3, 0.4) is 0 Å². The van der Waals surface area contributed by atoms with Crippen LogP contribution >= 0.6 is 0 Å². The summed E-state index contributed by atoms with van der Waals surface area (Å²) in [5, 5.41) is 4.47. The Kier molecular flexibility index (Phi) is 10.1. The third-order valence-electron chi connectivity index (χ3n) is 2.42. The molecule has 0 amide bonds. The van der Waals surface area contributed by atoms with Crippen molar-refractivity contribution in [3.05, 3.63) is 42.6 Å². The van der Waals surface area contributed by atoms with E-state index in [1.165, 1.54) is 0 Å². The molecule has 0 atom stereocenters. The first-order valence-electron chi connectivity index (χ1n) is 7.39. The number of hydrogen-bond acceptors (Lipinski definition) is 2. The van der Waals surface area contributed by atoms with Gasteiger partial charge in [0.25, 0.3) is 0 Å².